The first-order valence-corrected chi connectivity index (χ1v) is 6.15. The average molecular weight is 272 g/mol. The number of hydrogen-bond donors (Lipinski definition) is 3. The molecule has 0 unspecified atom stereocenters. The normalized spacial score (nSPS) is 16.5. The molecule has 1 aliphatic heterocycles. The minimum Gasteiger partial charge on any atom is -0.480 e. The summed E-state index contributed by atoms with van der Waals surface area (Å²) in [5, 5.41) is 17.4. The summed E-state index contributed by atoms with van der Waals surface area (Å²) in [7, 11) is -4.17. The molecule has 18 heavy (non-hydrogen) atoms. The number of carboxylic acid groups (broad SMARTS) is 1. The molecular weight excluding hydrogens is 264 g/mol. The summed E-state index contributed by atoms with van der Waals surface area (Å²) in [5.74, 6) is -2.43. The molecule has 1 amide bonds. The zero-order valence-electron chi connectivity index (χ0n) is 8.82. The lowest BCUT2D eigenvalue weighted by atomic mass is 10.1. The zero-order chi connectivity index (χ0) is 13.5. The highest BCUT2D eigenvalue weighted by atomic mass is 32.2. The minimum atomic E-state index is -4.17. The summed E-state index contributed by atoms with van der Waals surface area (Å²) in [6, 6.07) is 3.80. The lowest BCUT2D eigenvalue weighted by Crippen LogP contribution is -2.34. The molecule has 1 aliphatic rings. The largest absolute Gasteiger partial charge is 0.480 e. The van der Waals surface area contributed by atoms with E-state index in [1.54, 1.807) is 5.48 Å². The molecule has 96 valence electrons. The smallest absolute Gasteiger partial charge is 0.324 e. The van der Waals surface area contributed by atoms with E-state index >= 15 is 0 Å². The molecule has 0 fully saturated rings. The van der Waals surface area contributed by atoms with Gasteiger partial charge in [0.1, 0.15) is 11.4 Å². The van der Waals surface area contributed by atoms with Gasteiger partial charge in [0, 0.05) is 0 Å². The van der Waals surface area contributed by atoms with Crippen molar-refractivity contribution in [3.8, 4) is 0 Å². The molecular formula is C9H8N2O6S. The van der Waals surface area contributed by atoms with Crippen LogP contribution in [0.4, 0.5) is 5.69 Å². The van der Waals surface area contributed by atoms with Crippen LogP contribution < -0.4 is 5.48 Å². The molecule has 0 aliphatic carbocycles. The molecule has 0 saturated carbocycles. The molecule has 3 N–H and O–H groups in total. The Kier molecular flexibility index (Phi) is 2.71. The number of hydrogen-bond acceptors (Lipinski definition) is 6. The van der Waals surface area contributed by atoms with E-state index in [2.05, 4.69) is 0 Å². The lowest BCUT2D eigenvalue weighted by molar-refractivity contribution is -0.136. The third kappa shape index (κ3) is 1.60. The van der Waals surface area contributed by atoms with Crippen LogP contribution in [0.3, 0.4) is 0 Å². The van der Waals surface area contributed by atoms with Gasteiger partial charge in [0.05, 0.1) is 11.3 Å². The molecule has 0 radical (unpaired) electrons. The highest BCUT2D eigenvalue weighted by molar-refractivity contribution is 7.90. The molecule has 0 spiro atoms. The van der Waals surface area contributed by atoms with Crippen LogP contribution in [0.2, 0.25) is 0 Å². The molecule has 8 nitrogen and oxygen atoms in total. The molecule has 1 aromatic carbocycles. The van der Waals surface area contributed by atoms with E-state index in [-0.39, 0.29) is 20.5 Å². The van der Waals surface area contributed by atoms with Gasteiger partial charge in [0.2, 0.25) is 0 Å². The standard InChI is InChI=1S/C9H8N2O6S/c12-7(13)4-11-9(14)8-5(10-15)2-1-3-6(8)18(11,16)17/h1-3,10,15H,4H2,(H,12,13). The van der Waals surface area contributed by atoms with Crippen LogP contribution in [0.15, 0.2) is 23.1 Å². The highest BCUT2D eigenvalue weighted by Gasteiger charge is 2.43. The maximum atomic E-state index is 11.9. The van der Waals surface area contributed by atoms with Gasteiger partial charge in [0.25, 0.3) is 15.9 Å². The van der Waals surface area contributed by atoms with Gasteiger partial charge >= 0.3 is 5.97 Å². The van der Waals surface area contributed by atoms with Crippen molar-refractivity contribution in [2.24, 2.45) is 0 Å². The summed E-state index contributed by atoms with van der Waals surface area (Å²) < 4.78 is 24.1. The van der Waals surface area contributed by atoms with Crippen molar-refractivity contribution in [2.45, 2.75) is 4.90 Å². The first-order valence-electron chi connectivity index (χ1n) is 4.71. The summed E-state index contributed by atoms with van der Waals surface area (Å²) in [4.78, 5) is 22.1. The number of benzene rings is 1. The summed E-state index contributed by atoms with van der Waals surface area (Å²) in [6.45, 7) is -0.958. The fraction of sp³-hybridized carbons (Fsp3) is 0.111. The Hall–Kier alpha value is -2.13. The second-order valence-corrected chi connectivity index (χ2v) is 5.33. The van der Waals surface area contributed by atoms with Crippen LogP contribution in [0.5, 0.6) is 0 Å². The van der Waals surface area contributed by atoms with Crippen LogP contribution in [-0.2, 0) is 14.8 Å². The van der Waals surface area contributed by atoms with E-state index in [0.29, 0.717) is 0 Å². The third-order valence-electron chi connectivity index (χ3n) is 2.43. The molecule has 1 aromatic rings. The zero-order valence-corrected chi connectivity index (χ0v) is 9.64. The Bertz CT molecular complexity index is 638. The predicted molar refractivity (Wildman–Crippen MR) is 57.7 cm³/mol. The number of nitrogens with zero attached hydrogens (tertiary/aromatic N) is 1. The highest BCUT2D eigenvalue weighted by Crippen LogP contribution is 2.34. The van der Waals surface area contributed by atoms with E-state index < -0.39 is 28.4 Å². The van der Waals surface area contributed by atoms with Gasteiger partial charge in [-0.3, -0.25) is 20.3 Å². The number of aliphatic carboxylic acids is 1. The number of carboxylic acids is 1. The van der Waals surface area contributed by atoms with Gasteiger partial charge in [-0.15, -0.1) is 0 Å². The van der Waals surface area contributed by atoms with Gasteiger partial charge in [-0.2, -0.15) is 0 Å². The van der Waals surface area contributed by atoms with Crippen LogP contribution in [0.25, 0.3) is 0 Å². The number of fused-ring (bicyclic) bond motifs is 1. The van der Waals surface area contributed by atoms with Crippen molar-refractivity contribution in [1.82, 2.24) is 4.31 Å². The van der Waals surface area contributed by atoms with Gasteiger partial charge in [-0.25, -0.2) is 12.7 Å². The first-order chi connectivity index (χ1) is 8.39. The van der Waals surface area contributed by atoms with Crippen LogP contribution >= 0.6 is 0 Å². The van der Waals surface area contributed by atoms with Crippen molar-refractivity contribution in [1.29, 1.82) is 0 Å². The number of nitrogens with one attached hydrogen (secondary N) is 1. The molecule has 0 saturated heterocycles. The number of carbonyl (C=O) groups is 2. The summed E-state index contributed by atoms with van der Waals surface area (Å²) in [5.41, 5.74) is 1.36. The van der Waals surface area contributed by atoms with Crippen molar-refractivity contribution < 1.29 is 28.3 Å². The topological polar surface area (TPSA) is 124 Å². The van der Waals surface area contributed by atoms with E-state index in [9.17, 15) is 18.0 Å². The van der Waals surface area contributed by atoms with Crippen molar-refractivity contribution in [3.05, 3.63) is 23.8 Å². The predicted octanol–water partition coefficient (Wildman–Crippen LogP) is -0.283. The third-order valence-corrected chi connectivity index (χ3v) is 4.21. The van der Waals surface area contributed by atoms with E-state index in [1.165, 1.54) is 18.2 Å². The summed E-state index contributed by atoms with van der Waals surface area (Å²) >= 11 is 0. The van der Waals surface area contributed by atoms with E-state index in [4.69, 9.17) is 10.3 Å². The number of carbonyl (C=O) groups excluding carboxylic acids is 1. The molecule has 0 atom stereocenters. The Labute approximate surface area is 101 Å². The van der Waals surface area contributed by atoms with Crippen LogP contribution in [-0.4, -0.2) is 41.5 Å². The SMILES string of the molecule is O=C(O)CN1C(=O)c2c(NO)cccc2S1(=O)=O. The van der Waals surface area contributed by atoms with Gasteiger partial charge in [-0.1, -0.05) is 6.07 Å². The van der Waals surface area contributed by atoms with Gasteiger partial charge in [-0.05, 0) is 12.1 Å². The number of anilines is 1. The molecule has 0 aromatic heterocycles. The van der Waals surface area contributed by atoms with Crippen LogP contribution in [0, 0.1) is 0 Å². The van der Waals surface area contributed by atoms with Crippen molar-refractivity contribution in [3.63, 3.8) is 0 Å². The van der Waals surface area contributed by atoms with E-state index in [0.717, 1.165) is 0 Å². The van der Waals surface area contributed by atoms with Crippen LogP contribution in [0.1, 0.15) is 10.4 Å². The fourth-order valence-electron chi connectivity index (χ4n) is 1.69. The fourth-order valence-corrected chi connectivity index (χ4v) is 3.23. The maximum Gasteiger partial charge on any atom is 0.324 e. The Balaban J connectivity index is 2.64. The van der Waals surface area contributed by atoms with Crippen molar-refractivity contribution in [2.75, 3.05) is 12.0 Å². The number of amides is 1. The monoisotopic (exact) mass is 272 g/mol. The molecule has 2 rings (SSSR count). The number of rotatable bonds is 3. The lowest BCUT2D eigenvalue weighted by Gasteiger charge is -2.11. The van der Waals surface area contributed by atoms with E-state index in [1.807, 2.05) is 0 Å². The second kappa shape index (κ2) is 3.96. The molecule has 9 heteroatoms. The minimum absolute atomic E-state index is 0.0889. The maximum absolute atomic E-state index is 11.9. The van der Waals surface area contributed by atoms with Gasteiger partial charge < -0.3 is 5.11 Å². The molecule has 0 bridgehead atoms. The second-order valence-electron chi connectivity index (χ2n) is 3.50. The Morgan fingerprint density at radius 2 is 2.06 bits per heavy atom. The number of sulfonamides is 1. The summed E-state index contributed by atoms with van der Waals surface area (Å²) in [6.07, 6.45) is 0. The van der Waals surface area contributed by atoms with Crippen molar-refractivity contribution >= 4 is 27.6 Å². The Morgan fingerprint density at radius 3 is 2.61 bits per heavy atom. The van der Waals surface area contributed by atoms with Gasteiger partial charge in [0.15, 0.2) is 0 Å². The average Bonchev–Trinajstić information content (AvgIpc) is 2.50. The first kappa shape index (κ1) is 12.3. The quantitative estimate of drug-likeness (QED) is 0.646. The molecule has 1 heterocycles. The Morgan fingerprint density at radius 1 is 1.39 bits per heavy atom.